The molecule has 0 bridgehead atoms. The number of fused-ring (bicyclic) bond motifs is 4. The molecule has 2 aliphatic rings. The van der Waals surface area contributed by atoms with Gasteiger partial charge in [-0.2, -0.15) is 0 Å². The van der Waals surface area contributed by atoms with E-state index in [1.807, 2.05) is 29.2 Å². The predicted octanol–water partition coefficient (Wildman–Crippen LogP) is 3.55. The summed E-state index contributed by atoms with van der Waals surface area (Å²) in [5, 5.41) is 1.19. The summed E-state index contributed by atoms with van der Waals surface area (Å²) in [6.07, 6.45) is 4.25. The number of nitrogens with one attached hydrogen (secondary N) is 1. The first-order chi connectivity index (χ1) is 14.2. The van der Waals surface area contributed by atoms with Gasteiger partial charge in [0.2, 0.25) is 11.7 Å². The van der Waals surface area contributed by atoms with Gasteiger partial charge in [0.15, 0.2) is 11.5 Å². The highest BCUT2D eigenvalue weighted by Crippen LogP contribution is 2.40. The molecule has 6 heteroatoms. The Bertz CT molecular complexity index is 1100. The molecule has 3 aromatic rings. The number of aromatic amines is 1. The van der Waals surface area contributed by atoms with Gasteiger partial charge in [0.05, 0.1) is 7.11 Å². The number of para-hydroxylation sites is 1. The first-order valence-electron chi connectivity index (χ1n) is 9.76. The number of nitrogens with zero attached hydrogens (tertiary/aromatic N) is 1. The highest BCUT2D eigenvalue weighted by molar-refractivity contribution is 5.93. The number of aromatic nitrogens is 1. The summed E-state index contributed by atoms with van der Waals surface area (Å²) in [5.41, 5.74) is 4.42. The zero-order chi connectivity index (χ0) is 19.8. The molecule has 1 aromatic heterocycles. The summed E-state index contributed by atoms with van der Waals surface area (Å²) in [5.74, 6) is 1.86. The van der Waals surface area contributed by atoms with Gasteiger partial charge in [0.25, 0.3) is 0 Å². The molecule has 0 saturated heterocycles. The van der Waals surface area contributed by atoms with Gasteiger partial charge >= 0.3 is 0 Å². The van der Waals surface area contributed by atoms with Crippen LogP contribution in [0.1, 0.15) is 16.8 Å². The fourth-order valence-corrected chi connectivity index (χ4v) is 4.02. The van der Waals surface area contributed by atoms with E-state index < -0.39 is 0 Å². The largest absolute Gasteiger partial charge is 0.493 e. The fraction of sp³-hybridized carbons (Fsp3) is 0.261. The van der Waals surface area contributed by atoms with Gasteiger partial charge in [0, 0.05) is 47.7 Å². The first kappa shape index (κ1) is 17.7. The molecule has 0 unspecified atom stereocenters. The normalized spacial score (nSPS) is 15.6. The van der Waals surface area contributed by atoms with Crippen LogP contribution < -0.4 is 14.2 Å². The van der Waals surface area contributed by atoms with Crippen molar-refractivity contribution in [3.8, 4) is 17.2 Å². The Balaban J connectivity index is 1.36. The smallest absolute Gasteiger partial charge is 0.246 e. The highest BCUT2D eigenvalue weighted by Gasteiger charge is 2.23. The predicted molar refractivity (Wildman–Crippen MR) is 110 cm³/mol. The molecule has 0 aliphatic carbocycles. The van der Waals surface area contributed by atoms with E-state index in [0.29, 0.717) is 43.6 Å². The van der Waals surface area contributed by atoms with Crippen LogP contribution in [-0.4, -0.2) is 42.7 Å². The van der Waals surface area contributed by atoms with Gasteiger partial charge in [-0.25, -0.2) is 0 Å². The maximum atomic E-state index is 12.8. The van der Waals surface area contributed by atoms with Crippen LogP contribution in [0.4, 0.5) is 0 Å². The SMILES string of the molecule is COc1cc(/C=C/C(=O)N2CCc3[nH]c4ccccc4c3C2)cc2c1OCCO2. The molecule has 3 heterocycles. The lowest BCUT2D eigenvalue weighted by molar-refractivity contribution is -0.126. The lowest BCUT2D eigenvalue weighted by Crippen LogP contribution is -2.34. The van der Waals surface area contributed by atoms with Crippen LogP contribution in [0.3, 0.4) is 0 Å². The minimum absolute atomic E-state index is 0.00483. The third-order valence-corrected chi connectivity index (χ3v) is 5.46. The topological polar surface area (TPSA) is 63.8 Å². The van der Waals surface area contributed by atoms with Crippen molar-refractivity contribution >= 4 is 22.9 Å². The Morgan fingerprint density at radius 2 is 2.07 bits per heavy atom. The Hall–Kier alpha value is -3.41. The summed E-state index contributed by atoms with van der Waals surface area (Å²) in [7, 11) is 1.60. The Labute approximate surface area is 168 Å². The molecular formula is C23H22N2O4. The van der Waals surface area contributed by atoms with E-state index in [1.165, 1.54) is 16.6 Å². The van der Waals surface area contributed by atoms with Crippen molar-refractivity contribution in [3.63, 3.8) is 0 Å². The minimum Gasteiger partial charge on any atom is -0.493 e. The van der Waals surface area contributed by atoms with Crippen molar-refractivity contribution in [2.24, 2.45) is 0 Å². The second-order valence-corrected chi connectivity index (χ2v) is 7.22. The van der Waals surface area contributed by atoms with Crippen molar-refractivity contribution in [2.45, 2.75) is 13.0 Å². The molecule has 6 nitrogen and oxygen atoms in total. The van der Waals surface area contributed by atoms with E-state index in [9.17, 15) is 4.79 Å². The molecular weight excluding hydrogens is 368 g/mol. The maximum absolute atomic E-state index is 12.8. The molecule has 29 heavy (non-hydrogen) atoms. The van der Waals surface area contributed by atoms with E-state index in [-0.39, 0.29) is 5.91 Å². The third-order valence-electron chi connectivity index (χ3n) is 5.46. The van der Waals surface area contributed by atoms with Crippen LogP contribution in [0.25, 0.3) is 17.0 Å². The number of hydrogen-bond acceptors (Lipinski definition) is 4. The quantitative estimate of drug-likeness (QED) is 0.695. The lowest BCUT2D eigenvalue weighted by atomic mass is 10.0. The number of rotatable bonds is 3. The maximum Gasteiger partial charge on any atom is 0.246 e. The molecule has 0 atom stereocenters. The Morgan fingerprint density at radius 1 is 1.21 bits per heavy atom. The number of hydrogen-bond donors (Lipinski definition) is 1. The molecule has 0 saturated carbocycles. The average Bonchev–Trinajstić information content (AvgIpc) is 3.14. The number of carbonyl (C=O) groups excluding carboxylic acids is 1. The number of benzene rings is 2. The summed E-state index contributed by atoms with van der Waals surface area (Å²) < 4.78 is 16.7. The lowest BCUT2D eigenvalue weighted by Gasteiger charge is -2.26. The van der Waals surface area contributed by atoms with Crippen LogP contribution in [0, 0.1) is 0 Å². The van der Waals surface area contributed by atoms with Crippen LogP contribution in [-0.2, 0) is 17.8 Å². The number of H-pyrrole nitrogens is 1. The first-order valence-corrected chi connectivity index (χ1v) is 9.76. The van der Waals surface area contributed by atoms with Gasteiger partial charge in [-0.05, 0) is 29.8 Å². The molecule has 5 rings (SSSR count). The van der Waals surface area contributed by atoms with Crippen molar-refractivity contribution < 1.29 is 19.0 Å². The molecule has 0 fully saturated rings. The van der Waals surface area contributed by atoms with Crippen molar-refractivity contribution in [3.05, 3.63) is 59.3 Å². The number of methoxy groups -OCH3 is 1. The van der Waals surface area contributed by atoms with E-state index in [2.05, 4.69) is 17.1 Å². The molecule has 0 radical (unpaired) electrons. The second kappa shape index (κ2) is 7.20. The fourth-order valence-electron chi connectivity index (χ4n) is 4.02. The highest BCUT2D eigenvalue weighted by atomic mass is 16.6. The number of carbonyl (C=O) groups is 1. The molecule has 1 amide bonds. The van der Waals surface area contributed by atoms with E-state index in [0.717, 1.165) is 17.5 Å². The van der Waals surface area contributed by atoms with Gasteiger partial charge in [-0.1, -0.05) is 18.2 Å². The van der Waals surface area contributed by atoms with Gasteiger partial charge in [0.1, 0.15) is 13.2 Å². The van der Waals surface area contributed by atoms with Crippen LogP contribution in [0.15, 0.2) is 42.5 Å². The molecule has 1 N–H and O–H groups in total. The average molecular weight is 390 g/mol. The minimum atomic E-state index is -0.00483. The van der Waals surface area contributed by atoms with E-state index >= 15 is 0 Å². The summed E-state index contributed by atoms with van der Waals surface area (Å²) in [6, 6.07) is 12.0. The zero-order valence-corrected chi connectivity index (χ0v) is 16.2. The van der Waals surface area contributed by atoms with Crippen molar-refractivity contribution in [2.75, 3.05) is 26.9 Å². The van der Waals surface area contributed by atoms with Gasteiger partial charge < -0.3 is 24.1 Å². The Kier molecular flexibility index (Phi) is 4.39. The summed E-state index contributed by atoms with van der Waals surface area (Å²) >= 11 is 0. The third kappa shape index (κ3) is 3.20. The van der Waals surface area contributed by atoms with Crippen LogP contribution in [0.2, 0.25) is 0 Å². The summed E-state index contributed by atoms with van der Waals surface area (Å²) in [4.78, 5) is 18.2. The second-order valence-electron chi connectivity index (χ2n) is 7.22. The molecule has 0 spiro atoms. The number of amides is 1. The Morgan fingerprint density at radius 3 is 2.97 bits per heavy atom. The zero-order valence-electron chi connectivity index (χ0n) is 16.2. The molecule has 148 valence electrons. The van der Waals surface area contributed by atoms with Crippen molar-refractivity contribution in [1.29, 1.82) is 0 Å². The monoisotopic (exact) mass is 390 g/mol. The van der Waals surface area contributed by atoms with E-state index in [4.69, 9.17) is 14.2 Å². The van der Waals surface area contributed by atoms with Gasteiger partial charge in [-0.3, -0.25) is 4.79 Å². The standard InChI is InChI=1S/C23H22N2O4/c1-27-20-12-15(13-21-23(20)29-11-10-28-21)6-7-22(26)25-9-8-19-17(14-25)16-4-2-3-5-18(16)24-19/h2-7,12-13,24H,8-11,14H2,1H3/b7-6+. The van der Waals surface area contributed by atoms with Gasteiger partial charge in [-0.15, -0.1) is 0 Å². The molecule has 2 aliphatic heterocycles. The van der Waals surface area contributed by atoms with Crippen LogP contribution >= 0.6 is 0 Å². The van der Waals surface area contributed by atoms with Crippen LogP contribution in [0.5, 0.6) is 17.2 Å². The van der Waals surface area contributed by atoms with Crippen molar-refractivity contribution in [1.82, 2.24) is 9.88 Å². The molecule has 2 aromatic carbocycles. The van der Waals surface area contributed by atoms with E-state index in [1.54, 1.807) is 19.3 Å². The number of ether oxygens (including phenoxy) is 3. The summed E-state index contributed by atoms with van der Waals surface area (Å²) in [6.45, 7) is 2.32.